The Labute approximate surface area is 286 Å². The fourth-order valence-corrected chi connectivity index (χ4v) is 5.49. The van der Waals surface area contributed by atoms with E-state index in [1.165, 1.54) is 32.3 Å². The number of hydrogen-bond acceptors (Lipinski definition) is 11. The number of piperidine rings is 1. The van der Waals surface area contributed by atoms with Crippen LogP contribution in [0.3, 0.4) is 0 Å². The van der Waals surface area contributed by atoms with Crippen LogP contribution in [-0.4, -0.2) is 92.2 Å². The summed E-state index contributed by atoms with van der Waals surface area (Å²) in [5.41, 5.74) is 0.224. The minimum atomic E-state index is -1.56. The number of carbonyl (C=O) groups is 4. The van der Waals surface area contributed by atoms with Crippen LogP contribution in [0.1, 0.15) is 63.2 Å². The number of likely N-dealkylation sites (tertiary alicyclic amines) is 1. The lowest BCUT2D eigenvalue weighted by Gasteiger charge is -2.39. The normalized spacial score (nSPS) is 15.7. The van der Waals surface area contributed by atoms with Gasteiger partial charge in [-0.3, -0.25) is 9.59 Å². The highest BCUT2D eigenvalue weighted by Gasteiger charge is 2.42. The predicted molar refractivity (Wildman–Crippen MR) is 178 cm³/mol. The van der Waals surface area contributed by atoms with Crippen LogP contribution in [-0.2, 0) is 35.1 Å². The Morgan fingerprint density at radius 2 is 1.73 bits per heavy atom. The number of ether oxygens (including phenoxy) is 6. The SMILES string of the molecule is C=CCC(=O)OCC(C)(C)C(O)C(=O)N1CCCC[C@H]1C(=O)O[C@H](CCc1cc(OC)c(OC)c(OC)c1)c1cccc(OCC(=O)O)c1. The largest absolute Gasteiger partial charge is 0.493 e. The molecule has 0 aliphatic carbocycles. The van der Waals surface area contributed by atoms with Crippen molar-refractivity contribution in [2.24, 2.45) is 5.41 Å². The minimum Gasteiger partial charge on any atom is -0.493 e. The van der Waals surface area contributed by atoms with Crippen molar-refractivity contribution in [2.45, 2.75) is 70.6 Å². The molecular weight excluding hydrogens is 638 g/mol. The lowest BCUT2D eigenvalue weighted by molar-refractivity contribution is -0.169. The van der Waals surface area contributed by atoms with Crippen LogP contribution in [0.15, 0.2) is 49.1 Å². The van der Waals surface area contributed by atoms with Crippen LogP contribution in [0, 0.1) is 5.41 Å². The molecule has 13 heteroatoms. The monoisotopic (exact) mass is 685 g/mol. The molecular formula is C36H47NO12. The summed E-state index contributed by atoms with van der Waals surface area (Å²) >= 11 is 0. The Bertz CT molecular complexity index is 1450. The Kier molecular flexibility index (Phi) is 14.3. The van der Waals surface area contributed by atoms with E-state index in [9.17, 15) is 24.3 Å². The number of esters is 2. The summed E-state index contributed by atoms with van der Waals surface area (Å²) in [6.07, 6.45) is 1.32. The van der Waals surface area contributed by atoms with Gasteiger partial charge in [-0.15, -0.1) is 6.58 Å². The fraction of sp³-hybridized carbons (Fsp3) is 0.500. The van der Waals surface area contributed by atoms with Gasteiger partial charge >= 0.3 is 17.9 Å². The van der Waals surface area contributed by atoms with Gasteiger partial charge in [0.25, 0.3) is 5.91 Å². The second-order valence-electron chi connectivity index (χ2n) is 12.3. The van der Waals surface area contributed by atoms with E-state index < -0.39 is 54.1 Å². The minimum absolute atomic E-state index is 0.00449. The van der Waals surface area contributed by atoms with E-state index in [-0.39, 0.29) is 25.3 Å². The molecule has 0 aromatic heterocycles. The Morgan fingerprint density at radius 1 is 1.04 bits per heavy atom. The number of rotatable bonds is 18. The molecule has 1 fully saturated rings. The molecule has 13 nitrogen and oxygen atoms in total. The van der Waals surface area contributed by atoms with Gasteiger partial charge in [0.05, 0.1) is 34.4 Å². The molecule has 1 saturated heterocycles. The zero-order chi connectivity index (χ0) is 36.1. The maximum Gasteiger partial charge on any atom is 0.341 e. The topological polar surface area (TPSA) is 167 Å². The third-order valence-corrected chi connectivity index (χ3v) is 8.22. The second kappa shape index (κ2) is 18.1. The summed E-state index contributed by atoms with van der Waals surface area (Å²) in [6.45, 7) is 6.18. The van der Waals surface area contributed by atoms with Crippen molar-refractivity contribution in [3.05, 3.63) is 60.2 Å². The van der Waals surface area contributed by atoms with E-state index in [1.54, 1.807) is 50.2 Å². The summed E-state index contributed by atoms with van der Waals surface area (Å²) in [5, 5.41) is 20.2. The van der Waals surface area contributed by atoms with Crippen molar-refractivity contribution >= 4 is 23.8 Å². The van der Waals surface area contributed by atoms with Gasteiger partial charge in [0, 0.05) is 12.0 Å². The number of carboxylic acids is 1. The highest BCUT2D eigenvalue weighted by Crippen LogP contribution is 2.39. The summed E-state index contributed by atoms with van der Waals surface area (Å²) in [6, 6.07) is 9.25. The summed E-state index contributed by atoms with van der Waals surface area (Å²) < 4.78 is 33.2. The number of aliphatic hydroxyl groups excluding tert-OH is 1. The van der Waals surface area contributed by atoms with Crippen molar-refractivity contribution in [2.75, 3.05) is 41.1 Å². The third kappa shape index (κ3) is 10.6. The molecule has 3 rings (SSSR count). The van der Waals surface area contributed by atoms with Crippen LogP contribution in [0.25, 0.3) is 0 Å². The van der Waals surface area contributed by atoms with Crippen LogP contribution in [0.5, 0.6) is 23.0 Å². The Hall–Kier alpha value is -4.78. The van der Waals surface area contributed by atoms with Gasteiger partial charge in [0.1, 0.15) is 24.0 Å². The standard InChI is InChI=1S/C36H47NO12/c1-7-11-31(40)48-22-36(2,3)33(41)34(42)37-17-9-8-14-26(37)35(43)49-27(24-12-10-13-25(20-24)47-21-30(38)39)16-15-23-18-28(44-4)32(46-6)29(19-23)45-5/h7,10,12-13,18-20,26-27,33,41H,1,8-9,11,14-17,21-22H2,2-6H3,(H,38,39)/t26-,27+,33?/m0/s1. The van der Waals surface area contributed by atoms with E-state index in [4.69, 9.17) is 33.5 Å². The van der Waals surface area contributed by atoms with Crippen molar-refractivity contribution in [1.29, 1.82) is 0 Å². The Balaban J connectivity index is 1.87. The quantitative estimate of drug-likeness (QED) is 0.169. The number of aryl methyl sites for hydroxylation is 1. The van der Waals surface area contributed by atoms with Crippen LogP contribution in [0.2, 0.25) is 0 Å². The molecule has 0 saturated carbocycles. The van der Waals surface area contributed by atoms with Crippen molar-refractivity contribution in [3.63, 3.8) is 0 Å². The lowest BCUT2D eigenvalue weighted by Crippen LogP contribution is -2.55. The number of methoxy groups -OCH3 is 3. The molecule has 2 N–H and O–H groups in total. The van der Waals surface area contributed by atoms with E-state index in [0.29, 0.717) is 54.9 Å². The molecule has 1 amide bonds. The molecule has 3 atom stereocenters. The van der Waals surface area contributed by atoms with Crippen molar-refractivity contribution in [1.82, 2.24) is 4.90 Å². The smallest absolute Gasteiger partial charge is 0.341 e. The van der Waals surface area contributed by atoms with E-state index in [0.717, 1.165) is 5.56 Å². The number of aliphatic carboxylic acids is 1. The van der Waals surface area contributed by atoms with Gasteiger partial charge < -0.3 is 43.5 Å². The first kappa shape index (κ1) is 38.7. The van der Waals surface area contributed by atoms with Gasteiger partial charge in [-0.05, 0) is 67.5 Å². The summed E-state index contributed by atoms with van der Waals surface area (Å²) in [4.78, 5) is 51.9. The first-order valence-electron chi connectivity index (χ1n) is 16.0. The van der Waals surface area contributed by atoms with Crippen LogP contribution in [0.4, 0.5) is 0 Å². The summed E-state index contributed by atoms with van der Waals surface area (Å²) in [7, 11) is 4.53. The maximum absolute atomic E-state index is 13.9. The molecule has 0 radical (unpaired) electrons. The average molecular weight is 686 g/mol. The van der Waals surface area contributed by atoms with Crippen molar-refractivity contribution in [3.8, 4) is 23.0 Å². The molecule has 2 aromatic rings. The first-order chi connectivity index (χ1) is 23.3. The molecule has 2 aromatic carbocycles. The van der Waals surface area contributed by atoms with Crippen LogP contribution < -0.4 is 18.9 Å². The number of carboxylic acid groups (broad SMARTS) is 1. The highest BCUT2D eigenvalue weighted by atomic mass is 16.6. The lowest BCUT2D eigenvalue weighted by atomic mass is 9.85. The molecule has 268 valence electrons. The van der Waals surface area contributed by atoms with Crippen LogP contribution >= 0.6 is 0 Å². The number of nitrogens with zero attached hydrogens (tertiary/aromatic N) is 1. The van der Waals surface area contributed by atoms with E-state index >= 15 is 0 Å². The molecule has 1 aliphatic rings. The molecule has 1 heterocycles. The zero-order valence-corrected chi connectivity index (χ0v) is 28.8. The van der Waals surface area contributed by atoms with Gasteiger partial charge in [-0.25, -0.2) is 9.59 Å². The number of benzene rings is 2. The fourth-order valence-electron chi connectivity index (χ4n) is 5.49. The predicted octanol–water partition coefficient (Wildman–Crippen LogP) is 4.28. The highest BCUT2D eigenvalue weighted by molar-refractivity contribution is 5.88. The second-order valence-corrected chi connectivity index (χ2v) is 12.3. The van der Waals surface area contributed by atoms with Gasteiger partial charge in [-0.1, -0.05) is 32.1 Å². The number of hydrogen-bond donors (Lipinski definition) is 2. The number of amides is 1. The van der Waals surface area contributed by atoms with Crippen molar-refractivity contribution < 1.29 is 57.8 Å². The maximum atomic E-state index is 13.9. The van der Waals surface area contributed by atoms with Gasteiger partial charge in [0.2, 0.25) is 5.75 Å². The molecule has 49 heavy (non-hydrogen) atoms. The third-order valence-electron chi connectivity index (χ3n) is 8.22. The molecule has 1 aliphatic heterocycles. The van der Waals surface area contributed by atoms with Gasteiger partial charge in [-0.2, -0.15) is 0 Å². The van der Waals surface area contributed by atoms with E-state index in [2.05, 4.69) is 6.58 Å². The average Bonchev–Trinajstić information content (AvgIpc) is 3.10. The van der Waals surface area contributed by atoms with E-state index in [1.807, 2.05) is 0 Å². The molecule has 0 bridgehead atoms. The molecule has 0 spiro atoms. The Morgan fingerprint density at radius 3 is 2.35 bits per heavy atom. The number of carbonyl (C=O) groups excluding carboxylic acids is 3. The van der Waals surface area contributed by atoms with Gasteiger partial charge in [0.15, 0.2) is 18.1 Å². The number of aliphatic hydroxyl groups is 1. The first-order valence-corrected chi connectivity index (χ1v) is 16.0. The zero-order valence-electron chi connectivity index (χ0n) is 28.8. The summed E-state index contributed by atoms with van der Waals surface area (Å²) in [5.74, 6) is -1.35. The molecule has 1 unspecified atom stereocenters.